The van der Waals surface area contributed by atoms with Crippen LogP contribution in [0.5, 0.6) is 0 Å². The van der Waals surface area contributed by atoms with Gasteiger partial charge in [-0.2, -0.15) is 0 Å². The molecule has 4 nitrogen and oxygen atoms in total. The highest BCUT2D eigenvalue weighted by Crippen LogP contribution is 2.18. The largest absolute Gasteiger partial charge is 0.381 e. The summed E-state index contributed by atoms with van der Waals surface area (Å²) in [4.78, 5) is 0. The lowest BCUT2D eigenvalue weighted by atomic mass is 9.92. The summed E-state index contributed by atoms with van der Waals surface area (Å²) >= 11 is 0. The Labute approximate surface area is 92.1 Å². The summed E-state index contributed by atoms with van der Waals surface area (Å²) in [7, 11) is -2.84. The lowest BCUT2D eigenvalue weighted by Crippen LogP contribution is -2.36. The standard InChI is InChI=1S/C10H21NO3S/c1-15(12,13)7-3-5-10(11)9-4-2-6-14-8-9/h9-10H,2-8,11H2,1H3. The van der Waals surface area contributed by atoms with Crippen molar-refractivity contribution in [3.63, 3.8) is 0 Å². The molecule has 0 aliphatic carbocycles. The van der Waals surface area contributed by atoms with Crippen LogP contribution in [0.25, 0.3) is 0 Å². The zero-order valence-electron chi connectivity index (χ0n) is 9.31. The van der Waals surface area contributed by atoms with Crippen LogP contribution in [0.4, 0.5) is 0 Å². The number of nitrogens with two attached hydrogens (primary N) is 1. The number of sulfone groups is 1. The van der Waals surface area contributed by atoms with E-state index in [1.54, 1.807) is 0 Å². The maximum Gasteiger partial charge on any atom is 0.147 e. The molecule has 0 saturated carbocycles. The molecule has 0 radical (unpaired) electrons. The molecular formula is C10H21NO3S. The highest BCUT2D eigenvalue weighted by molar-refractivity contribution is 7.90. The van der Waals surface area contributed by atoms with Gasteiger partial charge in [-0.25, -0.2) is 8.42 Å². The van der Waals surface area contributed by atoms with Gasteiger partial charge in [0.1, 0.15) is 9.84 Å². The third kappa shape index (κ3) is 5.49. The van der Waals surface area contributed by atoms with Gasteiger partial charge in [0, 0.05) is 24.7 Å². The Bertz CT molecular complexity index is 270. The van der Waals surface area contributed by atoms with Gasteiger partial charge in [0.2, 0.25) is 0 Å². The smallest absolute Gasteiger partial charge is 0.147 e. The van der Waals surface area contributed by atoms with E-state index in [1.807, 2.05) is 0 Å². The Balaban J connectivity index is 2.20. The van der Waals surface area contributed by atoms with E-state index < -0.39 is 9.84 Å². The van der Waals surface area contributed by atoms with Crippen LogP contribution in [0.2, 0.25) is 0 Å². The first-order chi connectivity index (χ1) is 6.99. The van der Waals surface area contributed by atoms with Crippen molar-refractivity contribution in [3.05, 3.63) is 0 Å². The van der Waals surface area contributed by atoms with Crippen LogP contribution < -0.4 is 5.73 Å². The van der Waals surface area contributed by atoms with Crippen LogP contribution >= 0.6 is 0 Å². The highest BCUT2D eigenvalue weighted by atomic mass is 32.2. The van der Waals surface area contributed by atoms with Crippen molar-refractivity contribution in [1.29, 1.82) is 0 Å². The summed E-state index contributed by atoms with van der Waals surface area (Å²) in [5.41, 5.74) is 6.00. The average Bonchev–Trinajstić information content (AvgIpc) is 2.17. The van der Waals surface area contributed by atoms with E-state index in [4.69, 9.17) is 10.5 Å². The van der Waals surface area contributed by atoms with Crippen LogP contribution in [0.15, 0.2) is 0 Å². The molecule has 0 bridgehead atoms. The van der Waals surface area contributed by atoms with Gasteiger partial charge in [-0.1, -0.05) is 0 Å². The molecule has 2 unspecified atom stereocenters. The summed E-state index contributed by atoms with van der Waals surface area (Å²) in [6.07, 6.45) is 4.89. The van der Waals surface area contributed by atoms with Crippen molar-refractivity contribution in [2.24, 2.45) is 11.7 Å². The van der Waals surface area contributed by atoms with Crippen molar-refractivity contribution in [1.82, 2.24) is 0 Å². The Hall–Kier alpha value is -0.130. The Morgan fingerprint density at radius 2 is 2.27 bits per heavy atom. The maximum atomic E-state index is 10.9. The van der Waals surface area contributed by atoms with Gasteiger partial charge < -0.3 is 10.5 Å². The molecule has 2 N–H and O–H groups in total. The minimum absolute atomic E-state index is 0.0899. The molecule has 1 aliphatic heterocycles. The van der Waals surface area contributed by atoms with Gasteiger partial charge >= 0.3 is 0 Å². The average molecular weight is 235 g/mol. The highest BCUT2D eigenvalue weighted by Gasteiger charge is 2.20. The van der Waals surface area contributed by atoms with E-state index in [0.29, 0.717) is 12.3 Å². The van der Waals surface area contributed by atoms with Crippen molar-refractivity contribution in [2.75, 3.05) is 25.2 Å². The van der Waals surface area contributed by atoms with E-state index in [2.05, 4.69) is 0 Å². The van der Waals surface area contributed by atoms with Gasteiger partial charge in [-0.05, 0) is 31.6 Å². The second-order valence-electron chi connectivity index (χ2n) is 4.41. The van der Waals surface area contributed by atoms with Crippen LogP contribution in [0.1, 0.15) is 25.7 Å². The maximum absolute atomic E-state index is 10.9. The molecule has 1 rings (SSSR count). The lowest BCUT2D eigenvalue weighted by molar-refractivity contribution is 0.0438. The third-order valence-corrected chi connectivity index (χ3v) is 3.88. The topological polar surface area (TPSA) is 69.4 Å². The van der Waals surface area contributed by atoms with Gasteiger partial charge in [-0.15, -0.1) is 0 Å². The molecule has 15 heavy (non-hydrogen) atoms. The summed E-state index contributed by atoms with van der Waals surface area (Å²) in [5.74, 6) is 0.659. The minimum atomic E-state index is -2.84. The fourth-order valence-electron chi connectivity index (χ4n) is 1.92. The van der Waals surface area contributed by atoms with E-state index in [0.717, 1.165) is 32.5 Å². The van der Waals surface area contributed by atoms with Crippen molar-refractivity contribution in [3.8, 4) is 0 Å². The first-order valence-corrected chi connectivity index (χ1v) is 7.56. The molecular weight excluding hydrogens is 214 g/mol. The monoisotopic (exact) mass is 235 g/mol. The van der Waals surface area contributed by atoms with E-state index >= 15 is 0 Å². The molecule has 1 heterocycles. The molecule has 0 aromatic carbocycles. The van der Waals surface area contributed by atoms with E-state index in [-0.39, 0.29) is 11.8 Å². The van der Waals surface area contributed by atoms with Crippen molar-refractivity contribution in [2.45, 2.75) is 31.7 Å². The quantitative estimate of drug-likeness (QED) is 0.756. The predicted octanol–water partition coefficient (Wildman–Crippen LogP) is 0.565. The van der Waals surface area contributed by atoms with Gasteiger partial charge in [-0.3, -0.25) is 0 Å². The van der Waals surface area contributed by atoms with E-state index in [1.165, 1.54) is 6.26 Å². The molecule has 0 aromatic heterocycles. The lowest BCUT2D eigenvalue weighted by Gasteiger charge is -2.27. The summed E-state index contributed by atoms with van der Waals surface area (Å²) in [6, 6.07) is 0.0899. The molecule has 1 saturated heterocycles. The number of rotatable bonds is 5. The second-order valence-corrected chi connectivity index (χ2v) is 6.67. The molecule has 90 valence electrons. The zero-order chi connectivity index (χ0) is 11.3. The fraction of sp³-hybridized carbons (Fsp3) is 1.00. The van der Waals surface area contributed by atoms with Crippen molar-refractivity contribution >= 4 is 9.84 Å². The molecule has 0 amide bonds. The summed E-state index contributed by atoms with van der Waals surface area (Å²) in [6.45, 7) is 1.58. The van der Waals surface area contributed by atoms with Gasteiger partial charge in [0.25, 0.3) is 0 Å². The van der Waals surface area contributed by atoms with Crippen molar-refractivity contribution < 1.29 is 13.2 Å². The second kappa shape index (κ2) is 5.82. The number of hydrogen-bond donors (Lipinski definition) is 1. The molecule has 2 atom stereocenters. The minimum Gasteiger partial charge on any atom is -0.381 e. The van der Waals surface area contributed by atoms with Gasteiger partial charge in [0.05, 0.1) is 6.61 Å². The summed E-state index contributed by atoms with van der Waals surface area (Å²) < 4.78 is 27.2. The Morgan fingerprint density at radius 1 is 1.53 bits per heavy atom. The predicted molar refractivity (Wildman–Crippen MR) is 60.5 cm³/mol. The van der Waals surface area contributed by atoms with Crippen LogP contribution in [-0.2, 0) is 14.6 Å². The van der Waals surface area contributed by atoms with Crippen LogP contribution in [0.3, 0.4) is 0 Å². The number of hydrogen-bond acceptors (Lipinski definition) is 4. The summed E-state index contributed by atoms with van der Waals surface area (Å²) in [5, 5.41) is 0. The van der Waals surface area contributed by atoms with Crippen LogP contribution in [-0.4, -0.2) is 39.7 Å². The zero-order valence-corrected chi connectivity index (χ0v) is 10.1. The van der Waals surface area contributed by atoms with E-state index in [9.17, 15) is 8.42 Å². The fourth-order valence-corrected chi connectivity index (χ4v) is 2.61. The SMILES string of the molecule is CS(=O)(=O)CCCC(N)C1CCCOC1. The first-order valence-electron chi connectivity index (χ1n) is 5.50. The first kappa shape index (κ1) is 12.9. The molecule has 5 heteroatoms. The Kier molecular flexibility index (Phi) is 5.02. The van der Waals surface area contributed by atoms with Gasteiger partial charge in [0.15, 0.2) is 0 Å². The van der Waals surface area contributed by atoms with Crippen LogP contribution in [0, 0.1) is 5.92 Å². The molecule has 0 aromatic rings. The third-order valence-electron chi connectivity index (χ3n) is 2.85. The Morgan fingerprint density at radius 3 is 2.80 bits per heavy atom. The molecule has 1 aliphatic rings. The molecule has 1 fully saturated rings. The normalized spacial score (nSPS) is 25.1. The number of ether oxygens (including phenoxy) is 1. The molecule has 0 spiro atoms.